The maximum absolute atomic E-state index is 9.59. The summed E-state index contributed by atoms with van der Waals surface area (Å²) >= 11 is 0. The van der Waals surface area contributed by atoms with Crippen LogP contribution in [0.4, 0.5) is 5.82 Å². The first kappa shape index (κ1) is 17.8. The molecular weight excluding hydrogens is 338 g/mol. The van der Waals surface area contributed by atoms with Crippen LogP contribution >= 0.6 is 0 Å². The normalized spacial score (nSPS) is 16.0. The summed E-state index contributed by atoms with van der Waals surface area (Å²) < 4.78 is 2.07. The van der Waals surface area contributed by atoms with E-state index in [0.29, 0.717) is 11.5 Å². The lowest BCUT2D eigenvalue weighted by atomic mass is 9.97. The van der Waals surface area contributed by atoms with Gasteiger partial charge < -0.3 is 15.3 Å². The van der Waals surface area contributed by atoms with Crippen molar-refractivity contribution in [2.24, 2.45) is 5.92 Å². The van der Waals surface area contributed by atoms with E-state index >= 15 is 0 Å². The molecule has 0 spiro atoms. The Bertz CT molecular complexity index is 995. The van der Waals surface area contributed by atoms with E-state index in [9.17, 15) is 5.26 Å². The molecule has 1 aliphatic rings. The molecule has 1 fully saturated rings. The van der Waals surface area contributed by atoms with Gasteiger partial charge in [-0.3, -0.25) is 4.40 Å². The molecule has 3 heterocycles. The van der Waals surface area contributed by atoms with E-state index in [4.69, 9.17) is 10.1 Å². The highest BCUT2D eigenvalue weighted by Gasteiger charge is 2.20. The number of aryl methyl sites for hydroxylation is 1. The minimum atomic E-state index is 0.235. The molecule has 6 heteroatoms. The fourth-order valence-corrected chi connectivity index (χ4v) is 4.03. The van der Waals surface area contributed by atoms with Gasteiger partial charge >= 0.3 is 0 Å². The Hall–Kier alpha value is -2.62. The van der Waals surface area contributed by atoms with Crippen molar-refractivity contribution in [2.45, 2.75) is 19.8 Å². The zero-order valence-corrected chi connectivity index (χ0v) is 15.6. The molecule has 1 aliphatic heterocycles. The summed E-state index contributed by atoms with van der Waals surface area (Å²) in [7, 11) is 0. The Balaban J connectivity index is 1.61. The van der Waals surface area contributed by atoms with E-state index in [1.165, 1.54) is 0 Å². The Kier molecular flexibility index (Phi) is 4.97. The van der Waals surface area contributed by atoms with E-state index in [-0.39, 0.29) is 6.61 Å². The highest BCUT2D eigenvalue weighted by atomic mass is 16.3. The van der Waals surface area contributed by atoms with Gasteiger partial charge in [0.25, 0.3) is 0 Å². The van der Waals surface area contributed by atoms with Gasteiger partial charge in [0, 0.05) is 13.1 Å². The number of hydrogen-bond donors (Lipinski definition) is 2. The second kappa shape index (κ2) is 7.55. The number of hydrogen-bond acceptors (Lipinski definition) is 5. The summed E-state index contributed by atoms with van der Waals surface area (Å²) in [6.45, 7) is 5.97. The molecule has 4 rings (SSSR count). The minimum absolute atomic E-state index is 0.235. The van der Waals surface area contributed by atoms with Crippen molar-refractivity contribution in [1.29, 1.82) is 5.26 Å². The van der Waals surface area contributed by atoms with Gasteiger partial charge in [-0.15, -0.1) is 0 Å². The maximum atomic E-state index is 9.59. The highest BCUT2D eigenvalue weighted by molar-refractivity contribution is 5.85. The number of fused-ring (bicyclic) bond motifs is 3. The molecule has 0 amide bonds. The summed E-state index contributed by atoms with van der Waals surface area (Å²) in [5.74, 6) is 1.61. The highest BCUT2D eigenvalue weighted by Crippen LogP contribution is 2.27. The molecule has 2 aromatic heterocycles. The molecule has 0 saturated carbocycles. The average Bonchev–Trinajstić information content (AvgIpc) is 3.07. The number of rotatable bonds is 5. The number of aliphatic hydroxyl groups is 1. The quantitative estimate of drug-likeness (QED) is 0.729. The number of anilines is 1. The monoisotopic (exact) mass is 363 g/mol. The molecule has 6 nitrogen and oxygen atoms in total. The van der Waals surface area contributed by atoms with E-state index in [1.807, 2.05) is 31.2 Å². The fraction of sp³-hybridized carbons (Fsp3) is 0.429. The van der Waals surface area contributed by atoms with Gasteiger partial charge in [-0.2, -0.15) is 5.26 Å². The van der Waals surface area contributed by atoms with Gasteiger partial charge in [0.2, 0.25) is 0 Å². The molecule has 1 saturated heterocycles. The Labute approximate surface area is 159 Å². The lowest BCUT2D eigenvalue weighted by Gasteiger charge is -2.31. The molecule has 140 valence electrons. The van der Waals surface area contributed by atoms with Crippen LogP contribution in [0.15, 0.2) is 30.3 Å². The van der Waals surface area contributed by atoms with Crippen molar-refractivity contribution in [3.8, 4) is 6.07 Å². The molecule has 0 unspecified atom stereocenters. The zero-order chi connectivity index (χ0) is 18.8. The van der Waals surface area contributed by atoms with Crippen LogP contribution in [-0.4, -0.2) is 52.2 Å². The number of β-amino-alcohol motifs (C(OH)–C–C–N with tert-alkyl or cyclic N) is 1. The first-order chi connectivity index (χ1) is 13.2. The van der Waals surface area contributed by atoms with E-state index in [0.717, 1.165) is 67.1 Å². The van der Waals surface area contributed by atoms with E-state index < -0.39 is 0 Å². The van der Waals surface area contributed by atoms with Crippen LogP contribution in [0.1, 0.15) is 24.0 Å². The predicted octanol–water partition coefficient (Wildman–Crippen LogP) is 2.78. The number of aliphatic hydroxyl groups excluding tert-OH is 1. The molecule has 0 radical (unpaired) electrons. The summed E-state index contributed by atoms with van der Waals surface area (Å²) in [5, 5.41) is 22.3. The molecular formula is C21H25N5O. The number of piperidine rings is 1. The number of para-hydroxylation sites is 2. The van der Waals surface area contributed by atoms with Crippen LogP contribution in [0, 0.1) is 24.2 Å². The van der Waals surface area contributed by atoms with E-state index in [1.54, 1.807) is 0 Å². The number of nitrogens with zero attached hydrogens (tertiary/aromatic N) is 4. The lowest BCUT2D eigenvalue weighted by molar-refractivity contribution is 0.151. The van der Waals surface area contributed by atoms with Crippen LogP contribution in [-0.2, 0) is 0 Å². The SMILES string of the molecule is Cc1cc(NCC2CCN(CCO)CC2)n2c(nc3ccccc32)c1C#N. The zero-order valence-electron chi connectivity index (χ0n) is 15.6. The largest absolute Gasteiger partial charge is 0.395 e. The molecule has 3 aromatic rings. The van der Waals surface area contributed by atoms with Crippen LogP contribution < -0.4 is 5.32 Å². The first-order valence-corrected chi connectivity index (χ1v) is 9.59. The summed E-state index contributed by atoms with van der Waals surface area (Å²) in [4.78, 5) is 7.03. The summed E-state index contributed by atoms with van der Waals surface area (Å²) in [5.41, 5.74) is 4.22. The summed E-state index contributed by atoms with van der Waals surface area (Å²) in [6.07, 6.45) is 2.27. The third-order valence-electron chi connectivity index (χ3n) is 5.58. The van der Waals surface area contributed by atoms with Gasteiger partial charge in [-0.05, 0) is 62.5 Å². The van der Waals surface area contributed by atoms with Gasteiger partial charge in [-0.1, -0.05) is 12.1 Å². The molecule has 2 N–H and O–H groups in total. The second-order valence-electron chi connectivity index (χ2n) is 7.35. The van der Waals surface area contributed by atoms with Crippen molar-refractivity contribution in [1.82, 2.24) is 14.3 Å². The Morgan fingerprint density at radius 2 is 2.07 bits per heavy atom. The lowest BCUT2D eigenvalue weighted by Crippen LogP contribution is -2.37. The smallest absolute Gasteiger partial charge is 0.157 e. The number of aromatic nitrogens is 2. The standard InChI is InChI=1S/C21H25N5O/c1-15-12-20(23-14-16-6-8-25(9-7-16)10-11-27)26-19-5-3-2-4-18(19)24-21(26)17(15)13-22/h2-5,12,16,23,27H,6-11,14H2,1H3. The Morgan fingerprint density at radius 3 is 2.81 bits per heavy atom. The van der Waals surface area contributed by atoms with E-state index in [2.05, 4.69) is 26.8 Å². The number of nitriles is 1. The third kappa shape index (κ3) is 3.36. The molecule has 1 aromatic carbocycles. The third-order valence-corrected chi connectivity index (χ3v) is 5.58. The number of nitrogens with one attached hydrogen (secondary N) is 1. The molecule has 27 heavy (non-hydrogen) atoms. The second-order valence-corrected chi connectivity index (χ2v) is 7.35. The average molecular weight is 363 g/mol. The van der Waals surface area contributed by atoms with Crippen molar-refractivity contribution < 1.29 is 5.11 Å². The maximum Gasteiger partial charge on any atom is 0.157 e. The molecule has 0 aliphatic carbocycles. The van der Waals surface area contributed by atoms with Crippen LogP contribution in [0.3, 0.4) is 0 Å². The van der Waals surface area contributed by atoms with Gasteiger partial charge in [0.1, 0.15) is 11.9 Å². The van der Waals surface area contributed by atoms with Gasteiger partial charge in [-0.25, -0.2) is 4.98 Å². The predicted molar refractivity (Wildman–Crippen MR) is 107 cm³/mol. The molecule has 0 atom stereocenters. The Morgan fingerprint density at radius 1 is 1.30 bits per heavy atom. The van der Waals surface area contributed by atoms with Crippen LogP contribution in [0.2, 0.25) is 0 Å². The van der Waals surface area contributed by atoms with Crippen molar-refractivity contribution >= 4 is 22.5 Å². The van der Waals surface area contributed by atoms with Crippen LogP contribution in [0.25, 0.3) is 16.7 Å². The number of pyridine rings is 1. The number of imidazole rings is 1. The molecule has 0 bridgehead atoms. The topological polar surface area (TPSA) is 76.6 Å². The number of likely N-dealkylation sites (tertiary alicyclic amines) is 1. The summed E-state index contributed by atoms with van der Waals surface area (Å²) in [6, 6.07) is 12.4. The fourth-order valence-electron chi connectivity index (χ4n) is 4.03. The van der Waals surface area contributed by atoms with Crippen molar-refractivity contribution in [3.63, 3.8) is 0 Å². The van der Waals surface area contributed by atoms with Crippen LogP contribution in [0.5, 0.6) is 0 Å². The van der Waals surface area contributed by atoms with Gasteiger partial charge in [0.15, 0.2) is 5.65 Å². The first-order valence-electron chi connectivity index (χ1n) is 9.59. The number of benzene rings is 1. The minimum Gasteiger partial charge on any atom is -0.395 e. The van der Waals surface area contributed by atoms with Gasteiger partial charge in [0.05, 0.1) is 23.2 Å². The van der Waals surface area contributed by atoms with Crippen molar-refractivity contribution in [2.75, 3.05) is 38.1 Å². The van der Waals surface area contributed by atoms with Crippen molar-refractivity contribution in [3.05, 3.63) is 41.5 Å².